The van der Waals surface area contributed by atoms with E-state index in [1.807, 2.05) is 12.4 Å². The van der Waals surface area contributed by atoms with Gasteiger partial charge in [0.05, 0.1) is 12.3 Å². The number of nitrogens with one attached hydrogen (secondary N) is 1. The van der Waals surface area contributed by atoms with Crippen molar-refractivity contribution in [1.29, 1.82) is 0 Å². The number of rotatable bonds is 6. The predicted molar refractivity (Wildman–Crippen MR) is 87.4 cm³/mol. The Balaban J connectivity index is 1.91. The third kappa shape index (κ3) is 5.31. The van der Waals surface area contributed by atoms with Crippen LogP contribution in [-0.4, -0.2) is 17.6 Å². The molecule has 1 aromatic heterocycles. The maximum Gasteiger partial charge on any atom is 0.142 e. The largest absolute Gasteiger partial charge is 0.488 e. The zero-order valence-electron chi connectivity index (χ0n) is 14.0. The molecule has 1 heterocycles. The zero-order valence-corrected chi connectivity index (χ0v) is 14.0. The molecule has 1 saturated carbocycles. The van der Waals surface area contributed by atoms with Crippen LogP contribution >= 0.6 is 0 Å². The molecule has 3 heteroatoms. The maximum absolute atomic E-state index is 6.23. The first-order valence-electron chi connectivity index (χ1n) is 8.26. The van der Waals surface area contributed by atoms with Crippen LogP contribution in [0.15, 0.2) is 18.5 Å². The molecule has 1 fully saturated rings. The van der Waals surface area contributed by atoms with Gasteiger partial charge in [0.1, 0.15) is 5.75 Å². The van der Waals surface area contributed by atoms with Crippen molar-refractivity contribution in [3.05, 3.63) is 24.0 Å². The van der Waals surface area contributed by atoms with Crippen LogP contribution in [0, 0.1) is 11.3 Å². The second-order valence-electron chi connectivity index (χ2n) is 7.49. The Morgan fingerprint density at radius 3 is 2.71 bits per heavy atom. The van der Waals surface area contributed by atoms with Crippen molar-refractivity contribution in [2.75, 3.05) is 6.54 Å². The molecule has 118 valence electrons. The Bertz CT molecular complexity index is 433. The Kier molecular flexibility index (Phi) is 5.63. The van der Waals surface area contributed by atoms with Crippen molar-refractivity contribution < 1.29 is 4.74 Å². The molecule has 3 nitrogen and oxygen atoms in total. The van der Waals surface area contributed by atoms with Crippen molar-refractivity contribution in [3.8, 4) is 5.75 Å². The SMILES string of the molecule is CC(C)CNCc1ccncc1OC1CCC(C)(C)CC1. The summed E-state index contributed by atoms with van der Waals surface area (Å²) in [6.45, 7) is 11.0. The molecule has 0 bridgehead atoms. The fraction of sp³-hybridized carbons (Fsp3) is 0.722. The van der Waals surface area contributed by atoms with Crippen molar-refractivity contribution in [2.24, 2.45) is 11.3 Å². The topological polar surface area (TPSA) is 34.2 Å². The van der Waals surface area contributed by atoms with Crippen LogP contribution in [0.3, 0.4) is 0 Å². The van der Waals surface area contributed by atoms with Crippen LogP contribution < -0.4 is 10.1 Å². The minimum absolute atomic E-state index is 0.353. The fourth-order valence-electron chi connectivity index (χ4n) is 2.83. The van der Waals surface area contributed by atoms with Crippen LogP contribution in [-0.2, 0) is 6.54 Å². The van der Waals surface area contributed by atoms with Gasteiger partial charge in [0.15, 0.2) is 0 Å². The van der Waals surface area contributed by atoms with E-state index in [-0.39, 0.29) is 0 Å². The number of pyridine rings is 1. The maximum atomic E-state index is 6.23. The smallest absolute Gasteiger partial charge is 0.142 e. The molecule has 1 N–H and O–H groups in total. The number of hydrogen-bond donors (Lipinski definition) is 1. The molecule has 2 rings (SSSR count). The summed E-state index contributed by atoms with van der Waals surface area (Å²) in [6, 6.07) is 2.06. The summed E-state index contributed by atoms with van der Waals surface area (Å²) < 4.78 is 6.23. The normalized spacial score (nSPS) is 18.9. The summed E-state index contributed by atoms with van der Waals surface area (Å²) in [6.07, 6.45) is 8.88. The first-order chi connectivity index (χ1) is 9.96. The first kappa shape index (κ1) is 16.3. The van der Waals surface area contributed by atoms with E-state index in [2.05, 4.69) is 44.1 Å². The predicted octanol–water partition coefficient (Wildman–Crippen LogP) is 4.17. The molecule has 0 aromatic carbocycles. The van der Waals surface area contributed by atoms with Gasteiger partial charge in [0.25, 0.3) is 0 Å². The Morgan fingerprint density at radius 2 is 2.05 bits per heavy atom. The van der Waals surface area contributed by atoms with Crippen molar-refractivity contribution in [2.45, 2.75) is 66.0 Å². The summed E-state index contributed by atoms with van der Waals surface area (Å²) in [5, 5.41) is 3.48. The average molecular weight is 290 g/mol. The van der Waals surface area contributed by atoms with E-state index in [0.717, 1.165) is 31.7 Å². The summed E-state index contributed by atoms with van der Waals surface area (Å²) in [5.74, 6) is 1.62. The molecule has 1 aromatic rings. The molecule has 0 atom stereocenters. The minimum Gasteiger partial charge on any atom is -0.488 e. The van der Waals surface area contributed by atoms with Gasteiger partial charge in [0.2, 0.25) is 0 Å². The van der Waals surface area contributed by atoms with E-state index in [4.69, 9.17) is 4.74 Å². The van der Waals surface area contributed by atoms with Crippen molar-refractivity contribution in [3.63, 3.8) is 0 Å². The van der Waals surface area contributed by atoms with Gasteiger partial charge in [-0.05, 0) is 49.6 Å². The van der Waals surface area contributed by atoms with Crippen molar-refractivity contribution >= 4 is 0 Å². The van der Waals surface area contributed by atoms with Gasteiger partial charge in [0, 0.05) is 18.3 Å². The van der Waals surface area contributed by atoms with Gasteiger partial charge in [-0.1, -0.05) is 27.7 Å². The van der Waals surface area contributed by atoms with Crippen LogP contribution in [0.1, 0.15) is 58.9 Å². The fourth-order valence-corrected chi connectivity index (χ4v) is 2.83. The summed E-state index contributed by atoms with van der Waals surface area (Å²) >= 11 is 0. The first-order valence-corrected chi connectivity index (χ1v) is 8.26. The van der Waals surface area contributed by atoms with E-state index >= 15 is 0 Å². The van der Waals surface area contributed by atoms with E-state index < -0.39 is 0 Å². The summed E-state index contributed by atoms with van der Waals surface area (Å²) in [7, 11) is 0. The molecule has 0 unspecified atom stereocenters. The van der Waals surface area contributed by atoms with Gasteiger partial charge in [-0.15, -0.1) is 0 Å². The van der Waals surface area contributed by atoms with Crippen LogP contribution in [0.2, 0.25) is 0 Å². The third-order valence-corrected chi connectivity index (χ3v) is 4.32. The zero-order chi connectivity index (χ0) is 15.3. The van der Waals surface area contributed by atoms with E-state index in [9.17, 15) is 0 Å². The van der Waals surface area contributed by atoms with Gasteiger partial charge in [-0.2, -0.15) is 0 Å². The molecule has 21 heavy (non-hydrogen) atoms. The minimum atomic E-state index is 0.353. The highest BCUT2D eigenvalue weighted by Gasteiger charge is 2.28. The molecule has 0 spiro atoms. The monoisotopic (exact) mass is 290 g/mol. The number of hydrogen-bond acceptors (Lipinski definition) is 3. The lowest BCUT2D eigenvalue weighted by molar-refractivity contribution is 0.0975. The van der Waals surface area contributed by atoms with Gasteiger partial charge < -0.3 is 10.1 Å². The third-order valence-electron chi connectivity index (χ3n) is 4.32. The van der Waals surface area contributed by atoms with Crippen LogP contribution in [0.5, 0.6) is 5.75 Å². The number of aromatic nitrogens is 1. The lowest BCUT2D eigenvalue weighted by atomic mass is 9.76. The molecule has 0 amide bonds. The van der Waals surface area contributed by atoms with E-state index in [0.29, 0.717) is 17.4 Å². The Morgan fingerprint density at radius 1 is 1.33 bits per heavy atom. The molecule has 1 aliphatic carbocycles. The summed E-state index contributed by atoms with van der Waals surface area (Å²) in [4.78, 5) is 4.23. The van der Waals surface area contributed by atoms with E-state index in [1.54, 1.807) is 0 Å². The molecule has 0 aliphatic heterocycles. The number of nitrogens with zero attached hydrogens (tertiary/aromatic N) is 1. The van der Waals surface area contributed by atoms with Gasteiger partial charge >= 0.3 is 0 Å². The number of ether oxygens (including phenoxy) is 1. The highest BCUT2D eigenvalue weighted by atomic mass is 16.5. The van der Waals surface area contributed by atoms with Gasteiger partial charge in [-0.25, -0.2) is 0 Å². The van der Waals surface area contributed by atoms with Gasteiger partial charge in [-0.3, -0.25) is 4.98 Å². The molecule has 0 saturated heterocycles. The highest BCUT2D eigenvalue weighted by molar-refractivity contribution is 5.30. The highest BCUT2D eigenvalue weighted by Crippen LogP contribution is 2.36. The lowest BCUT2D eigenvalue weighted by Gasteiger charge is -2.34. The molecule has 0 radical (unpaired) electrons. The Labute approximate surface area is 129 Å². The Hall–Kier alpha value is -1.09. The van der Waals surface area contributed by atoms with E-state index in [1.165, 1.54) is 18.4 Å². The summed E-state index contributed by atoms with van der Waals surface area (Å²) in [5.41, 5.74) is 1.70. The quantitative estimate of drug-likeness (QED) is 0.853. The molecular formula is C18H30N2O. The second-order valence-corrected chi connectivity index (χ2v) is 7.49. The van der Waals surface area contributed by atoms with Crippen LogP contribution in [0.25, 0.3) is 0 Å². The molecular weight excluding hydrogens is 260 g/mol. The molecule has 1 aliphatic rings. The standard InChI is InChI=1S/C18H30N2O/c1-14(2)11-20-12-15-7-10-19-13-17(15)21-16-5-8-18(3,4)9-6-16/h7,10,13-14,16,20H,5-6,8-9,11-12H2,1-4H3. The lowest BCUT2D eigenvalue weighted by Crippen LogP contribution is -2.29. The van der Waals surface area contributed by atoms with Crippen LogP contribution in [0.4, 0.5) is 0 Å². The average Bonchev–Trinajstić information content (AvgIpc) is 2.42. The van der Waals surface area contributed by atoms with Crippen molar-refractivity contribution in [1.82, 2.24) is 10.3 Å². The second kappa shape index (κ2) is 7.26.